The molecule has 7 nitrogen and oxygen atoms in total. The highest BCUT2D eigenvalue weighted by Crippen LogP contribution is 2.61. The molecule has 0 radical (unpaired) electrons. The number of esters is 3. The lowest BCUT2D eigenvalue weighted by Gasteiger charge is -2.54. The minimum Gasteiger partial charge on any atom is -0.465 e. The van der Waals surface area contributed by atoms with Gasteiger partial charge in [-0.2, -0.15) is 0 Å². The van der Waals surface area contributed by atoms with E-state index < -0.39 is 22.8 Å². The van der Waals surface area contributed by atoms with E-state index in [4.69, 9.17) is 14.2 Å². The van der Waals surface area contributed by atoms with Crippen molar-refractivity contribution in [2.75, 3.05) is 6.61 Å². The summed E-state index contributed by atoms with van der Waals surface area (Å²) in [5, 5.41) is 0. The maximum Gasteiger partial charge on any atom is 0.308 e. The molecule has 3 rings (SSSR count). The Kier molecular flexibility index (Phi) is 8.01. The van der Waals surface area contributed by atoms with Crippen molar-refractivity contribution in [3.8, 4) is 11.5 Å². The molecule has 0 aliphatic heterocycles. The van der Waals surface area contributed by atoms with Gasteiger partial charge in [0.2, 0.25) is 0 Å². The van der Waals surface area contributed by atoms with E-state index in [0.29, 0.717) is 29.5 Å². The van der Waals surface area contributed by atoms with Crippen LogP contribution >= 0.6 is 0 Å². The fourth-order valence-electron chi connectivity index (χ4n) is 6.22. The third kappa shape index (κ3) is 5.35. The second-order valence-corrected chi connectivity index (χ2v) is 11.8. The fraction of sp³-hybridized carbons (Fsp3) is 0.655. The van der Waals surface area contributed by atoms with Gasteiger partial charge in [-0.05, 0) is 36.7 Å². The van der Waals surface area contributed by atoms with Crippen molar-refractivity contribution in [3.63, 3.8) is 0 Å². The SMILES string of the molecule is CC(=O)Oc1c(C(C)C)cc2c(c1OC(C)=O)[C@@]1(C)CCC[C@](C)(COC(=O)CC(C)C)[C@@H]1CC2=O. The fourth-order valence-corrected chi connectivity index (χ4v) is 6.22. The zero-order valence-corrected chi connectivity index (χ0v) is 22.9. The van der Waals surface area contributed by atoms with E-state index >= 15 is 0 Å². The van der Waals surface area contributed by atoms with E-state index in [0.717, 1.165) is 19.3 Å². The van der Waals surface area contributed by atoms with Crippen molar-refractivity contribution in [2.45, 2.75) is 98.8 Å². The van der Waals surface area contributed by atoms with Crippen molar-refractivity contribution >= 4 is 23.7 Å². The first-order valence-corrected chi connectivity index (χ1v) is 13.0. The Morgan fingerprint density at radius 2 is 1.61 bits per heavy atom. The Bertz CT molecular complexity index is 1070. The molecule has 0 spiro atoms. The number of fused-ring (bicyclic) bond motifs is 3. The Morgan fingerprint density at radius 1 is 1.00 bits per heavy atom. The first-order valence-electron chi connectivity index (χ1n) is 13.0. The summed E-state index contributed by atoms with van der Waals surface area (Å²) in [4.78, 5) is 50.3. The number of benzene rings is 1. The van der Waals surface area contributed by atoms with Gasteiger partial charge >= 0.3 is 17.9 Å². The number of ether oxygens (including phenoxy) is 3. The molecule has 0 aromatic heterocycles. The van der Waals surface area contributed by atoms with E-state index in [9.17, 15) is 19.2 Å². The third-order valence-electron chi connectivity index (χ3n) is 7.83. The van der Waals surface area contributed by atoms with Gasteiger partial charge in [-0.1, -0.05) is 48.0 Å². The molecule has 1 aromatic rings. The molecule has 1 saturated carbocycles. The number of hydrogen-bond acceptors (Lipinski definition) is 7. The molecule has 2 aliphatic rings. The van der Waals surface area contributed by atoms with Crippen LogP contribution in [0.2, 0.25) is 0 Å². The molecule has 7 heteroatoms. The van der Waals surface area contributed by atoms with Crippen LogP contribution in [0.4, 0.5) is 0 Å². The molecule has 0 N–H and O–H groups in total. The highest BCUT2D eigenvalue weighted by atomic mass is 16.6. The molecule has 36 heavy (non-hydrogen) atoms. The zero-order valence-electron chi connectivity index (χ0n) is 22.9. The number of carbonyl (C=O) groups excluding carboxylic acids is 4. The summed E-state index contributed by atoms with van der Waals surface area (Å²) < 4.78 is 17.1. The first kappa shape index (κ1) is 27.9. The monoisotopic (exact) mass is 500 g/mol. The Hall–Kier alpha value is -2.70. The van der Waals surface area contributed by atoms with Gasteiger partial charge in [0.25, 0.3) is 0 Å². The van der Waals surface area contributed by atoms with E-state index in [1.807, 2.05) is 33.8 Å². The molecule has 0 heterocycles. The summed E-state index contributed by atoms with van der Waals surface area (Å²) >= 11 is 0. The molecule has 0 bridgehead atoms. The van der Waals surface area contributed by atoms with Gasteiger partial charge in [-0.15, -0.1) is 0 Å². The molecule has 3 atom stereocenters. The lowest BCUT2D eigenvalue weighted by atomic mass is 9.49. The summed E-state index contributed by atoms with van der Waals surface area (Å²) in [5.74, 6) is -1.00. The van der Waals surface area contributed by atoms with Gasteiger partial charge < -0.3 is 14.2 Å². The van der Waals surface area contributed by atoms with Gasteiger partial charge in [-0.3, -0.25) is 19.2 Å². The van der Waals surface area contributed by atoms with Crippen molar-refractivity contribution in [3.05, 3.63) is 22.8 Å². The first-order chi connectivity index (χ1) is 16.7. The van der Waals surface area contributed by atoms with Crippen molar-refractivity contribution < 1.29 is 33.4 Å². The minimum atomic E-state index is -0.550. The molecule has 0 unspecified atom stereocenters. The summed E-state index contributed by atoms with van der Waals surface area (Å²) in [5.41, 5.74) is 0.816. The van der Waals surface area contributed by atoms with E-state index in [-0.39, 0.29) is 47.6 Å². The lowest BCUT2D eigenvalue weighted by Crippen LogP contribution is -2.52. The molecule has 2 aliphatic carbocycles. The smallest absolute Gasteiger partial charge is 0.308 e. The second kappa shape index (κ2) is 10.3. The van der Waals surface area contributed by atoms with Crippen molar-refractivity contribution in [1.29, 1.82) is 0 Å². The molecular formula is C29H40O7. The van der Waals surface area contributed by atoms with Crippen LogP contribution in [0.5, 0.6) is 11.5 Å². The number of hydrogen-bond donors (Lipinski definition) is 0. The maximum atomic E-state index is 13.6. The third-order valence-corrected chi connectivity index (χ3v) is 7.83. The normalized spacial score (nSPS) is 25.3. The molecule has 1 aromatic carbocycles. The summed E-state index contributed by atoms with van der Waals surface area (Å²) in [6.45, 7) is 14.8. The van der Waals surface area contributed by atoms with Crippen LogP contribution in [0.1, 0.15) is 115 Å². The minimum absolute atomic E-state index is 0.0428. The Morgan fingerprint density at radius 3 is 2.17 bits per heavy atom. The van der Waals surface area contributed by atoms with Gasteiger partial charge in [0.15, 0.2) is 17.3 Å². The van der Waals surface area contributed by atoms with Crippen LogP contribution in [-0.2, 0) is 24.5 Å². The van der Waals surface area contributed by atoms with Gasteiger partial charge in [0.05, 0.1) is 6.61 Å². The maximum absolute atomic E-state index is 13.6. The van der Waals surface area contributed by atoms with E-state index in [1.165, 1.54) is 13.8 Å². The number of Topliss-reactive ketones (excluding diaryl/α,β-unsaturated/α-hetero) is 1. The van der Waals surface area contributed by atoms with Crippen LogP contribution in [0.3, 0.4) is 0 Å². The van der Waals surface area contributed by atoms with Gasteiger partial charge in [0, 0.05) is 54.2 Å². The Labute approximate surface area is 214 Å². The summed E-state index contributed by atoms with van der Waals surface area (Å²) in [6, 6.07) is 1.81. The zero-order chi connectivity index (χ0) is 27.0. The largest absolute Gasteiger partial charge is 0.465 e. The predicted molar refractivity (Wildman–Crippen MR) is 135 cm³/mol. The van der Waals surface area contributed by atoms with Crippen molar-refractivity contribution in [2.24, 2.45) is 17.3 Å². The molecule has 198 valence electrons. The quantitative estimate of drug-likeness (QED) is 0.340. The van der Waals surface area contributed by atoms with E-state index in [2.05, 4.69) is 13.8 Å². The molecule has 0 saturated heterocycles. The molecular weight excluding hydrogens is 460 g/mol. The highest BCUT2D eigenvalue weighted by molar-refractivity contribution is 6.01. The predicted octanol–water partition coefficient (Wildman–Crippen LogP) is 5.90. The summed E-state index contributed by atoms with van der Waals surface area (Å²) in [7, 11) is 0. The average Bonchev–Trinajstić information content (AvgIpc) is 2.74. The van der Waals surface area contributed by atoms with Crippen LogP contribution < -0.4 is 9.47 Å². The number of carbonyl (C=O) groups is 4. The Balaban J connectivity index is 2.19. The topological polar surface area (TPSA) is 96.0 Å². The average molecular weight is 501 g/mol. The molecule has 1 fully saturated rings. The standard InChI is InChI=1S/C29H40O7/c1-16(2)12-24(33)34-15-28(7)10-9-11-29(8)23(28)14-22(32)21-13-20(17(3)4)26(35-18(5)30)27(25(21)29)36-19(6)31/h13,16-17,23H,9-12,14-15H2,1-8H3/t23-,28+,29-/m0/s1. The second-order valence-electron chi connectivity index (χ2n) is 11.8. The van der Waals surface area contributed by atoms with Gasteiger partial charge in [0.1, 0.15) is 0 Å². The number of rotatable bonds is 7. The van der Waals surface area contributed by atoms with Crippen LogP contribution in [0.15, 0.2) is 6.07 Å². The van der Waals surface area contributed by atoms with Crippen LogP contribution in [0, 0.1) is 17.3 Å². The lowest BCUT2D eigenvalue weighted by molar-refractivity contribution is -0.151. The van der Waals surface area contributed by atoms with Gasteiger partial charge in [-0.25, -0.2) is 0 Å². The van der Waals surface area contributed by atoms with E-state index in [1.54, 1.807) is 0 Å². The van der Waals surface area contributed by atoms with Crippen LogP contribution in [-0.4, -0.2) is 30.3 Å². The van der Waals surface area contributed by atoms with Crippen LogP contribution in [0.25, 0.3) is 0 Å². The van der Waals surface area contributed by atoms with Crippen molar-refractivity contribution in [1.82, 2.24) is 0 Å². The summed E-state index contributed by atoms with van der Waals surface area (Å²) in [6.07, 6.45) is 3.09. The molecule has 0 amide bonds. The number of ketones is 1. The highest BCUT2D eigenvalue weighted by Gasteiger charge is 2.56.